The molecular weight excluding hydrogens is 436 g/mol. The van der Waals surface area contributed by atoms with Gasteiger partial charge in [0, 0.05) is 18.7 Å². The molecule has 32 heavy (non-hydrogen) atoms. The number of aliphatic hydroxyl groups is 1. The molecule has 1 aliphatic heterocycles. The summed E-state index contributed by atoms with van der Waals surface area (Å²) in [5, 5.41) is 21.6. The molecule has 1 amide bonds. The molecule has 3 rings (SSSR count). The first-order chi connectivity index (χ1) is 15.2. The van der Waals surface area contributed by atoms with Gasteiger partial charge in [0.15, 0.2) is 11.5 Å². The highest BCUT2D eigenvalue weighted by molar-refractivity contribution is 6.46. The zero-order chi connectivity index (χ0) is 23.6. The van der Waals surface area contributed by atoms with Crippen LogP contribution in [0.15, 0.2) is 42.0 Å². The third-order valence-corrected chi connectivity index (χ3v) is 5.57. The number of ether oxygens (including phenoxy) is 2. The first-order valence-electron chi connectivity index (χ1n) is 9.83. The molecule has 0 spiro atoms. The molecule has 170 valence electrons. The third-order valence-electron chi connectivity index (χ3n) is 5.27. The van der Waals surface area contributed by atoms with Crippen molar-refractivity contribution in [3.8, 4) is 17.2 Å². The number of nitrogens with zero attached hydrogens (tertiary/aromatic N) is 2. The molecule has 9 heteroatoms. The van der Waals surface area contributed by atoms with Crippen molar-refractivity contribution >= 4 is 29.1 Å². The first kappa shape index (κ1) is 23.4. The van der Waals surface area contributed by atoms with Gasteiger partial charge in [0.25, 0.3) is 11.7 Å². The summed E-state index contributed by atoms with van der Waals surface area (Å²) < 4.78 is 10.2. The Labute approximate surface area is 191 Å². The van der Waals surface area contributed by atoms with E-state index in [4.69, 9.17) is 21.1 Å². The molecule has 1 aliphatic rings. The summed E-state index contributed by atoms with van der Waals surface area (Å²) in [5.74, 6) is -1.38. The van der Waals surface area contributed by atoms with Crippen LogP contribution in [0.5, 0.6) is 17.2 Å². The summed E-state index contributed by atoms with van der Waals surface area (Å²) in [6.45, 7) is 0.745. The molecule has 1 fully saturated rings. The standard InChI is InChI=1S/C23H25ClN2O6/c1-25(2)9-10-26-20(13-5-8-18(32-4)16(27)12-13)19(22(29)23(26)30)21(28)14-6-7-17(31-3)15(24)11-14/h5-8,11-12,20,27-28H,9-10H2,1-4H3/b21-19-. The number of carbonyl (C=O) groups is 2. The Balaban J connectivity index is 2.18. The van der Waals surface area contributed by atoms with Gasteiger partial charge < -0.3 is 29.5 Å². The molecule has 0 bridgehead atoms. The number of methoxy groups -OCH3 is 2. The second kappa shape index (κ2) is 9.50. The van der Waals surface area contributed by atoms with Crippen LogP contribution in [-0.2, 0) is 9.59 Å². The number of ketones is 1. The van der Waals surface area contributed by atoms with E-state index in [0.717, 1.165) is 0 Å². The normalized spacial score (nSPS) is 17.8. The van der Waals surface area contributed by atoms with E-state index in [2.05, 4.69) is 0 Å². The van der Waals surface area contributed by atoms with Crippen LogP contribution < -0.4 is 9.47 Å². The minimum Gasteiger partial charge on any atom is -0.507 e. The zero-order valence-corrected chi connectivity index (χ0v) is 19.0. The monoisotopic (exact) mass is 460 g/mol. The molecule has 1 saturated heterocycles. The van der Waals surface area contributed by atoms with Crippen molar-refractivity contribution in [1.29, 1.82) is 0 Å². The molecule has 0 saturated carbocycles. The molecule has 0 aromatic heterocycles. The maximum absolute atomic E-state index is 13.0. The van der Waals surface area contributed by atoms with Crippen LogP contribution in [0.1, 0.15) is 17.2 Å². The Kier molecular flexibility index (Phi) is 6.96. The summed E-state index contributed by atoms with van der Waals surface area (Å²) in [7, 11) is 6.59. The maximum Gasteiger partial charge on any atom is 0.295 e. The minimum atomic E-state index is -0.896. The van der Waals surface area contributed by atoms with Crippen molar-refractivity contribution in [2.24, 2.45) is 0 Å². The lowest BCUT2D eigenvalue weighted by Gasteiger charge is -2.27. The van der Waals surface area contributed by atoms with Crippen molar-refractivity contribution in [2.45, 2.75) is 6.04 Å². The van der Waals surface area contributed by atoms with Gasteiger partial charge in [-0.3, -0.25) is 9.59 Å². The number of phenolic OH excluding ortho intramolecular Hbond substituents is 1. The highest BCUT2D eigenvalue weighted by atomic mass is 35.5. The van der Waals surface area contributed by atoms with Gasteiger partial charge in [-0.2, -0.15) is 0 Å². The molecule has 0 aliphatic carbocycles. The maximum atomic E-state index is 13.0. The van der Waals surface area contributed by atoms with Gasteiger partial charge in [0.1, 0.15) is 11.5 Å². The highest BCUT2D eigenvalue weighted by Crippen LogP contribution is 2.42. The zero-order valence-electron chi connectivity index (χ0n) is 18.3. The van der Waals surface area contributed by atoms with E-state index in [0.29, 0.717) is 17.9 Å². The van der Waals surface area contributed by atoms with E-state index in [1.54, 1.807) is 24.3 Å². The number of hydrogen-bond acceptors (Lipinski definition) is 7. The molecule has 2 aromatic rings. The Morgan fingerprint density at radius 1 is 1.09 bits per heavy atom. The third kappa shape index (κ3) is 4.37. The molecule has 2 N–H and O–H groups in total. The number of phenols is 1. The van der Waals surface area contributed by atoms with Gasteiger partial charge in [-0.05, 0) is 50.0 Å². The lowest BCUT2D eigenvalue weighted by atomic mass is 9.95. The van der Waals surface area contributed by atoms with Gasteiger partial charge in [-0.1, -0.05) is 17.7 Å². The van der Waals surface area contributed by atoms with Crippen LogP contribution >= 0.6 is 11.6 Å². The average Bonchev–Trinajstić information content (AvgIpc) is 3.01. The second-order valence-corrected chi connectivity index (χ2v) is 7.98. The fourth-order valence-electron chi connectivity index (χ4n) is 3.61. The van der Waals surface area contributed by atoms with Gasteiger partial charge >= 0.3 is 0 Å². The van der Waals surface area contributed by atoms with Crippen LogP contribution in [0.3, 0.4) is 0 Å². The predicted molar refractivity (Wildman–Crippen MR) is 120 cm³/mol. The number of amides is 1. The SMILES string of the molecule is COc1ccc(C2/C(=C(/O)c3ccc(OC)c(Cl)c3)C(=O)C(=O)N2CCN(C)C)cc1O. The number of halogens is 1. The number of benzene rings is 2. The number of hydrogen-bond donors (Lipinski definition) is 2. The van der Waals surface area contributed by atoms with E-state index in [1.165, 1.54) is 31.3 Å². The summed E-state index contributed by atoms with van der Waals surface area (Å²) in [5.41, 5.74) is 0.645. The van der Waals surface area contributed by atoms with Crippen LogP contribution in [0.25, 0.3) is 5.76 Å². The Hall–Kier alpha value is -3.23. The number of carbonyl (C=O) groups excluding carboxylic acids is 2. The van der Waals surface area contributed by atoms with Crippen LogP contribution in [0.2, 0.25) is 5.02 Å². The topological polar surface area (TPSA) is 99.5 Å². The fourth-order valence-corrected chi connectivity index (χ4v) is 3.87. The van der Waals surface area contributed by atoms with Crippen molar-refractivity contribution in [2.75, 3.05) is 41.4 Å². The molecule has 2 aromatic carbocycles. The quantitative estimate of drug-likeness (QED) is 0.372. The lowest BCUT2D eigenvalue weighted by Crippen LogP contribution is -2.35. The summed E-state index contributed by atoms with van der Waals surface area (Å²) in [6.07, 6.45) is 0. The smallest absolute Gasteiger partial charge is 0.295 e. The van der Waals surface area contributed by atoms with E-state index >= 15 is 0 Å². The van der Waals surface area contributed by atoms with E-state index in [-0.39, 0.29) is 40.0 Å². The van der Waals surface area contributed by atoms with Crippen LogP contribution in [0, 0.1) is 0 Å². The number of aliphatic hydroxyl groups excluding tert-OH is 1. The van der Waals surface area contributed by atoms with Gasteiger partial charge in [0.2, 0.25) is 0 Å². The molecular formula is C23H25ClN2O6. The van der Waals surface area contributed by atoms with Crippen LogP contribution in [-0.4, -0.2) is 73.1 Å². The van der Waals surface area contributed by atoms with Gasteiger partial charge in [-0.15, -0.1) is 0 Å². The van der Waals surface area contributed by atoms with E-state index in [1.807, 2.05) is 19.0 Å². The number of aromatic hydroxyl groups is 1. The van der Waals surface area contributed by atoms with Crippen molar-refractivity contribution in [3.05, 3.63) is 58.1 Å². The fraction of sp³-hybridized carbons (Fsp3) is 0.304. The largest absolute Gasteiger partial charge is 0.507 e. The summed E-state index contributed by atoms with van der Waals surface area (Å²) in [4.78, 5) is 29.2. The number of Topliss-reactive ketones (excluding diaryl/α,β-unsaturated/α-hetero) is 1. The predicted octanol–water partition coefficient (Wildman–Crippen LogP) is 3.05. The number of likely N-dealkylation sites (N-methyl/N-ethyl adjacent to an activating group) is 1. The molecule has 8 nitrogen and oxygen atoms in total. The summed E-state index contributed by atoms with van der Waals surface area (Å²) in [6, 6.07) is 8.29. The molecule has 1 atom stereocenters. The Morgan fingerprint density at radius 2 is 1.75 bits per heavy atom. The molecule has 1 unspecified atom stereocenters. The average molecular weight is 461 g/mol. The van der Waals surface area contributed by atoms with Crippen molar-refractivity contribution in [1.82, 2.24) is 9.80 Å². The first-order valence-corrected chi connectivity index (χ1v) is 10.2. The Morgan fingerprint density at radius 3 is 2.31 bits per heavy atom. The molecule has 0 radical (unpaired) electrons. The van der Waals surface area contributed by atoms with Crippen molar-refractivity contribution < 1.29 is 29.3 Å². The van der Waals surface area contributed by atoms with Gasteiger partial charge in [0.05, 0.1) is 30.9 Å². The van der Waals surface area contributed by atoms with E-state index in [9.17, 15) is 19.8 Å². The second-order valence-electron chi connectivity index (χ2n) is 7.58. The van der Waals surface area contributed by atoms with Crippen molar-refractivity contribution in [3.63, 3.8) is 0 Å². The number of rotatable bonds is 7. The highest BCUT2D eigenvalue weighted by Gasteiger charge is 2.46. The van der Waals surface area contributed by atoms with E-state index < -0.39 is 17.7 Å². The number of likely N-dealkylation sites (tertiary alicyclic amines) is 1. The van der Waals surface area contributed by atoms with Gasteiger partial charge in [-0.25, -0.2) is 0 Å². The Bertz CT molecular complexity index is 1080. The van der Waals surface area contributed by atoms with Crippen LogP contribution in [0.4, 0.5) is 0 Å². The lowest BCUT2D eigenvalue weighted by molar-refractivity contribution is -0.140. The minimum absolute atomic E-state index is 0.0837. The molecule has 1 heterocycles. The summed E-state index contributed by atoms with van der Waals surface area (Å²) >= 11 is 6.19.